The Morgan fingerprint density at radius 3 is 2.14 bits per heavy atom. The lowest BCUT2D eigenvalue weighted by molar-refractivity contribution is -0.137. The molecule has 0 saturated carbocycles. The van der Waals surface area contributed by atoms with Crippen molar-refractivity contribution in [3.63, 3.8) is 0 Å². The normalized spacial score (nSPS) is 13.6. The summed E-state index contributed by atoms with van der Waals surface area (Å²) in [5.41, 5.74) is 3.59. The first-order chi connectivity index (χ1) is 17.8. The van der Waals surface area contributed by atoms with Crippen LogP contribution in [0, 0.1) is 0 Å². The van der Waals surface area contributed by atoms with E-state index in [0.29, 0.717) is 44.2 Å². The van der Waals surface area contributed by atoms with Crippen molar-refractivity contribution < 1.29 is 22.4 Å². The van der Waals surface area contributed by atoms with Crippen molar-refractivity contribution in [1.82, 2.24) is 9.80 Å². The van der Waals surface area contributed by atoms with E-state index in [0.717, 1.165) is 35.2 Å². The summed E-state index contributed by atoms with van der Waals surface area (Å²) in [6, 6.07) is 26.7. The molecule has 1 aromatic heterocycles. The van der Waals surface area contributed by atoms with Gasteiger partial charge in [0, 0.05) is 26.2 Å². The average Bonchev–Trinajstić information content (AvgIpc) is 3.37. The van der Waals surface area contributed by atoms with Crippen LogP contribution in [0.15, 0.2) is 95.4 Å². The zero-order chi connectivity index (χ0) is 25.8. The van der Waals surface area contributed by atoms with Gasteiger partial charge in [-0.3, -0.25) is 9.69 Å². The van der Waals surface area contributed by atoms with Crippen LogP contribution in [0.1, 0.15) is 44.1 Å². The lowest BCUT2D eigenvalue weighted by atomic mass is 10.00. The van der Waals surface area contributed by atoms with Crippen molar-refractivity contribution in [3.05, 3.63) is 130 Å². The molecule has 3 aromatic carbocycles. The maximum absolute atomic E-state index is 13.1. The van der Waals surface area contributed by atoms with E-state index in [1.54, 1.807) is 17.0 Å². The highest BCUT2D eigenvalue weighted by Gasteiger charge is 2.30. The molecule has 5 rings (SSSR count). The molecule has 0 aliphatic carbocycles. The second kappa shape index (κ2) is 10.6. The number of halogens is 3. The molecule has 1 aliphatic rings. The number of amides is 1. The number of fused-ring (bicyclic) bond motifs is 1. The van der Waals surface area contributed by atoms with Crippen LogP contribution >= 0.6 is 0 Å². The lowest BCUT2D eigenvalue weighted by Crippen LogP contribution is -2.35. The van der Waals surface area contributed by atoms with Gasteiger partial charge >= 0.3 is 6.18 Å². The number of benzene rings is 3. The summed E-state index contributed by atoms with van der Waals surface area (Å²) >= 11 is 0. The molecule has 0 radical (unpaired) electrons. The molecule has 0 unspecified atom stereocenters. The molecule has 1 amide bonds. The maximum atomic E-state index is 13.1. The predicted molar refractivity (Wildman–Crippen MR) is 134 cm³/mol. The number of rotatable bonds is 7. The second-order valence-electron chi connectivity index (χ2n) is 9.34. The van der Waals surface area contributed by atoms with Crippen molar-refractivity contribution in [2.45, 2.75) is 38.8 Å². The molecule has 0 atom stereocenters. The first kappa shape index (κ1) is 24.8. The van der Waals surface area contributed by atoms with Crippen LogP contribution in [0.5, 0.6) is 0 Å². The van der Waals surface area contributed by atoms with Crippen LogP contribution in [-0.2, 0) is 38.8 Å². The van der Waals surface area contributed by atoms with Gasteiger partial charge in [0.05, 0.1) is 12.1 Å². The third-order valence-corrected chi connectivity index (χ3v) is 6.61. The van der Waals surface area contributed by atoms with Crippen molar-refractivity contribution in [1.29, 1.82) is 0 Å². The van der Waals surface area contributed by atoms with Crippen molar-refractivity contribution in [2.75, 3.05) is 6.54 Å². The zero-order valence-electron chi connectivity index (χ0n) is 20.2. The van der Waals surface area contributed by atoms with Crippen LogP contribution < -0.4 is 0 Å². The molecular formula is C30H27F3N2O2. The number of carbonyl (C=O) groups excluding carboxylic acids is 1. The largest absolute Gasteiger partial charge is 0.455 e. The highest BCUT2D eigenvalue weighted by atomic mass is 19.4. The van der Waals surface area contributed by atoms with Crippen molar-refractivity contribution in [2.24, 2.45) is 0 Å². The smallest absolute Gasteiger partial charge is 0.416 e. The minimum Gasteiger partial charge on any atom is -0.455 e. The number of carbonyl (C=O) groups is 1. The Bertz CT molecular complexity index is 1350. The Labute approximate surface area is 213 Å². The molecule has 1 aliphatic heterocycles. The van der Waals surface area contributed by atoms with E-state index in [9.17, 15) is 18.0 Å². The Hall–Kier alpha value is -3.84. The van der Waals surface area contributed by atoms with Gasteiger partial charge < -0.3 is 9.32 Å². The Kier molecular flexibility index (Phi) is 7.15. The van der Waals surface area contributed by atoms with Crippen LogP contribution in [0.2, 0.25) is 0 Å². The van der Waals surface area contributed by atoms with Gasteiger partial charge in [0.2, 0.25) is 0 Å². The fraction of sp³-hybridized carbons (Fsp3) is 0.233. The van der Waals surface area contributed by atoms with Gasteiger partial charge in [0.15, 0.2) is 5.76 Å². The maximum Gasteiger partial charge on any atom is 0.416 e. The number of furan rings is 1. The molecule has 0 bridgehead atoms. The summed E-state index contributed by atoms with van der Waals surface area (Å²) < 4.78 is 44.9. The summed E-state index contributed by atoms with van der Waals surface area (Å²) in [5, 5.41) is 0. The quantitative estimate of drug-likeness (QED) is 0.281. The third-order valence-electron chi connectivity index (χ3n) is 6.61. The molecule has 0 N–H and O–H groups in total. The van der Waals surface area contributed by atoms with E-state index < -0.39 is 11.7 Å². The molecule has 37 heavy (non-hydrogen) atoms. The van der Waals surface area contributed by atoms with E-state index >= 15 is 0 Å². The first-order valence-corrected chi connectivity index (χ1v) is 12.2. The van der Waals surface area contributed by atoms with Gasteiger partial charge in [-0.05, 0) is 52.9 Å². The molecule has 0 spiro atoms. The number of nitrogens with zero attached hydrogens (tertiary/aromatic N) is 2. The van der Waals surface area contributed by atoms with Crippen LogP contribution in [0.4, 0.5) is 13.2 Å². The summed E-state index contributed by atoms with van der Waals surface area (Å²) in [7, 11) is 0. The SMILES string of the molecule is O=C(c1ccc(CN(Cc2ccccc2)Cc2ccc(C(F)(F)F)cc2)o1)N1CCc2ccccc2C1. The van der Waals surface area contributed by atoms with Crippen molar-refractivity contribution in [3.8, 4) is 0 Å². The van der Waals surface area contributed by atoms with Crippen LogP contribution in [-0.4, -0.2) is 22.3 Å². The monoisotopic (exact) mass is 504 g/mol. The fourth-order valence-corrected chi connectivity index (χ4v) is 4.69. The minimum absolute atomic E-state index is 0.141. The Morgan fingerprint density at radius 1 is 0.784 bits per heavy atom. The van der Waals surface area contributed by atoms with Gasteiger partial charge in [0.25, 0.3) is 5.91 Å². The van der Waals surface area contributed by atoms with Crippen LogP contribution in [0.3, 0.4) is 0 Å². The standard InChI is InChI=1S/C30H27F3N2O2/c31-30(32,33)26-12-10-23(11-13-26)19-34(18-22-6-2-1-3-7-22)21-27-14-15-28(37-27)29(36)35-17-16-24-8-4-5-9-25(24)20-35/h1-15H,16-21H2. The van der Waals surface area contributed by atoms with E-state index in [4.69, 9.17) is 4.42 Å². The third kappa shape index (κ3) is 6.12. The van der Waals surface area contributed by atoms with Gasteiger partial charge in [0.1, 0.15) is 5.76 Å². The molecule has 2 heterocycles. The van der Waals surface area contributed by atoms with E-state index in [1.807, 2.05) is 48.5 Å². The summed E-state index contributed by atoms with van der Waals surface area (Å²) in [6.07, 6.45) is -3.55. The number of hydrogen-bond donors (Lipinski definition) is 0. The summed E-state index contributed by atoms with van der Waals surface area (Å²) in [5.74, 6) is 0.783. The highest BCUT2D eigenvalue weighted by molar-refractivity contribution is 5.91. The predicted octanol–water partition coefficient (Wildman–Crippen LogP) is 6.70. The number of hydrogen-bond acceptors (Lipinski definition) is 3. The number of alkyl halides is 3. The van der Waals surface area contributed by atoms with E-state index in [-0.39, 0.29) is 5.91 Å². The topological polar surface area (TPSA) is 36.7 Å². The molecule has 4 aromatic rings. The highest BCUT2D eigenvalue weighted by Crippen LogP contribution is 2.29. The summed E-state index contributed by atoms with van der Waals surface area (Å²) in [4.78, 5) is 17.0. The van der Waals surface area contributed by atoms with Gasteiger partial charge in [-0.1, -0.05) is 66.7 Å². The van der Waals surface area contributed by atoms with E-state index in [1.165, 1.54) is 17.7 Å². The Morgan fingerprint density at radius 2 is 1.43 bits per heavy atom. The van der Waals surface area contributed by atoms with Crippen LogP contribution in [0.25, 0.3) is 0 Å². The molecule has 7 heteroatoms. The zero-order valence-corrected chi connectivity index (χ0v) is 20.2. The first-order valence-electron chi connectivity index (χ1n) is 12.2. The Balaban J connectivity index is 1.30. The molecule has 190 valence electrons. The molecule has 4 nitrogen and oxygen atoms in total. The average molecular weight is 505 g/mol. The van der Waals surface area contributed by atoms with Crippen molar-refractivity contribution >= 4 is 5.91 Å². The fourth-order valence-electron chi connectivity index (χ4n) is 4.69. The van der Waals surface area contributed by atoms with Gasteiger partial charge in [-0.2, -0.15) is 13.2 Å². The van der Waals surface area contributed by atoms with E-state index in [2.05, 4.69) is 11.0 Å². The molecular weight excluding hydrogens is 477 g/mol. The molecule has 0 fully saturated rings. The second-order valence-corrected chi connectivity index (χ2v) is 9.34. The molecule has 0 saturated heterocycles. The van der Waals surface area contributed by atoms with Gasteiger partial charge in [-0.25, -0.2) is 0 Å². The minimum atomic E-state index is -4.37. The lowest BCUT2D eigenvalue weighted by Gasteiger charge is -2.28. The summed E-state index contributed by atoms with van der Waals surface area (Å²) in [6.45, 7) is 2.61. The van der Waals surface area contributed by atoms with Gasteiger partial charge in [-0.15, -0.1) is 0 Å².